The Balaban J connectivity index is 1.92. The van der Waals surface area contributed by atoms with E-state index in [9.17, 15) is 4.79 Å². The monoisotopic (exact) mass is 235 g/mol. The number of carbonyl (C=O) groups is 1. The average Bonchev–Trinajstić information content (AvgIpc) is 2.76. The van der Waals surface area contributed by atoms with Crippen LogP contribution in [0.1, 0.15) is 12.0 Å². The minimum absolute atomic E-state index is 0.0286. The first-order valence-electron chi connectivity index (χ1n) is 5.73. The zero-order valence-electron chi connectivity index (χ0n) is 10.1. The zero-order chi connectivity index (χ0) is 12.3. The summed E-state index contributed by atoms with van der Waals surface area (Å²) in [6.45, 7) is 2.70. The van der Waals surface area contributed by atoms with E-state index in [4.69, 9.17) is 9.47 Å². The normalized spacial score (nSPS) is 23.4. The fourth-order valence-electron chi connectivity index (χ4n) is 2.00. The van der Waals surface area contributed by atoms with Crippen LogP contribution in [0.3, 0.4) is 0 Å². The van der Waals surface area contributed by atoms with Crippen molar-refractivity contribution in [2.75, 3.05) is 13.7 Å². The molecular formula is C13H17NO3. The number of hydrogen-bond donors (Lipinski definition) is 1. The fraction of sp³-hybridized carbons (Fsp3) is 0.462. The lowest BCUT2D eigenvalue weighted by atomic mass is 10.2. The van der Waals surface area contributed by atoms with Crippen molar-refractivity contribution in [1.29, 1.82) is 0 Å². The quantitative estimate of drug-likeness (QED) is 0.802. The highest BCUT2D eigenvalue weighted by molar-refractivity contribution is 5.76. The summed E-state index contributed by atoms with van der Waals surface area (Å²) in [6, 6.07) is 7.67. The van der Waals surface area contributed by atoms with Gasteiger partial charge >= 0.3 is 5.97 Å². The summed E-state index contributed by atoms with van der Waals surface area (Å²) in [5, 5.41) is 3.09. The molecule has 1 aromatic carbocycles. The van der Waals surface area contributed by atoms with Gasteiger partial charge in [-0.15, -0.1) is 0 Å². The second-order valence-electron chi connectivity index (χ2n) is 4.28. The average molecular weight is 235 g/mol. The molecule has 1 fully saturated rings. The smallest absolute Gasteiger partial charge is 0.323 e. The maximum absolute atomic E-state index is 11.3. The van der Waals surface area contributed by atoms with Gasteiger partial charge in [-0.25, -0.2) is 0 Å². The van der Waals surface area contributed by atoms with E-state index in [1.54, 1.807) is 0 Å². The first kappa shape index (κ1) is 11.9. The zero-order valence-corrected chi connectivity index (χ0v) is 10.1. The van der Waals surface area contributed by atoms with Gasteiger partial charge in [-0.3, -0.25) is 4.79 Å². The summed E-state index contributed by atoms with van der Waals surface area (Å²) in [7, 11) is 1.40. The maximum atomic E-state index is 11.3. The van der Waals surface area contributed by atoms with E-state index in [1.807, 2.05) is 31.2 Å². The molecule has 1 saturated heterocycles. The van der Waals surface area contributed by atoms with Crippen LogP contribution in [0, 0.1) is 6.92 Å². The minimum atomic E-state index is -0.241. The number of methoxy groups -OCH3 is 1. The van der Waals surface area contributed by atoms with Crippen LogP contribution in [0.4, 0.5) is 0 Å². The van der Waals surface area contributed by atoms with Crippen LogP contribution >= 0.6 is 0 Å². The number of rotatable bonds is 3. The van der Waals surface area contributed by atoms with E-state index >= 15 is 0 Å². The number of aryl methyl sites for hydroxylation is 1. The summed E-state index contributed by atoms with van der Waals surface area (Å²) in [6.07, 6.45) is 0.682. The molecule has 92 valence electrons. The van der Waals surface area contributed by atoms with Crippen LogP contribution in [0.5, 0.6) is 5.75 Å². The van der Waals surface area contributed by atoms with Crippen molar-refractivity contribution in [3.63, 3.8) is 0 Å². The summed E-state index contributed by atoms with van der Waals surface area (Å²) < 4.78 is 10.5. The lowest BCUT2D eigenvalue weighted by Crippen LogP contribution is -2.31. The van der Waals surface area contributed by atoms with Crippen molar-refractivity contribution in [3.05, 3.63) is 29.8 Å². The summed E-state index contributed by atoms with van der Waals surface area (Å²) in [5.74, 6) is 0.627. The summed E-state index contributed by atoms with van der Waals surface area (Å²) >= 11 is 0. The molecule has 2 rings (SSSR count). The topological polar surface area (TPSA) is 47.6 Å². The molecule has 0 unspecified atom stereocenters. The molecule has 1 aliphatic heterocycles. The Morgan fingerprint density at radius 1 is 1.47 bits per heavy atom. The molecule has 1 aliphatic rings. The van der Waals surface area contributed by atoms with Crippen molar-refractivity contribution in [1.82, 2.24) is 5.32 Å². The van der Waals surface area contributed by atoms with Gasteiger partial charge in [0, 0.05) is 13.0 Å². The van der Waals surface area contributed by atoms with Gasteiger partial charge in [0.25, 0.3) is 0 Å². The molecule has 0 radical (unpaired) electrons. The predicted octanol–water partition coefficient (Wildman–Crippen LogP) is 1.28. The maximum Gasteiger partial charge on any atom is 0.323 e. The fourth-order valence-corrected chi connectivity index (χ4v) is 2.00. The van der Waals surface area contributed by atoms with E-state index in [1.165, 1.54) is 7.11 Å². The Bertz CT molecular complexity index is 405. The lowest BCUT2D eigenvalue weighted by molar-refractivity contribution is -0.142. The molecule has 1 N–H and O–H groups in total. The van der Waals surface area contributed by atoms with Crippen molar-refractivity contribution < 1.29 is 14.3 Å². The Kier molecular flexibility index (Phi) is 3.64. The standard InChI is InChI=1S/C13H17NO3/c1-9-4-3-5-10(6-9)17-11-7-12(14-8-11)13(15)16-2/h3-6,11-12,14H,7-8H2,1-2H3/t11-,12-/m0/s1. The van der Waals surface area contributed by atoms with Crippen LogP contribution in [0.2, 0.25) is 0 Å². The summed E-state index contributed by atoms with van der Waals surface area (Å²) in [5.41, 5.74) is 1.16. The third-order valence-corrected chi connectivity index (χ3v) is 2.87. The van der Waals surface area contributed by atoms with E-state index in [0.29, 0.717) is 13.0 Å². The third-order valence-electron chi connectivity index (χ3n) is 2.87. The molecule has 1 heterocycles. The highest BCUT2D eigenvalue weighted by atomic mass is 16.5. The van der Waals surface area contributed by atoms with Crippen molar-refractivity contribution in [2.24, 2.45) is 0 Å². The van der Waals surface area contributed by atoms with Gasteiger partial charge in [0.2, 0.25) is 0 Å². The van der Waals surface area contributed by atoms with Gasteiger partial charge in [-0.2, -0.15) is 0 Å². The predicted molar refractivity (Wildman–Crippen MR) is 64.0 cm³/mol. The second-order valence-corrected chi connectivity index (χ2v) is 4.28. The first-order valence-corrected chi connectivity index (χ1v) is 5.73. The van der Waals surface area contributed by atoms with Crippen LogP contribution in [-0.4, -0.2) is 31.8 Å². The number of nitrogens with one attached hydrogen (secondary N) is 1. The SMILES string of the molecule is COC(=O)[C@@H]1C[C@H](Oc2cccc(C)c2)CN1. The van der Waals surface area contributed by atoms with E-state index in [2.05, 4.69) is 5.32 Å². The van der Waals surface area contributed by atoms with Gasteiger partial charge in [0.1, 0.15) is 17.9 Å². The molecular weight excluding hydrogens is 218 g/mol. The Hall–Kier alpha value is -1.55. The molecule has 17 heavy (non-hydrogen) atoms. The van der Waals surface area contributed by atoms with E-state index in [0.717, 1.165) is 11.3 Å². The molecule has 4 heteroatoms. The summed E-state index contributed by atoms with van der Waals surface area (Å²) in [4.78, 5) is 11.3. The molecule has 0 bridgehead atoms. The van der Waals surface area contributed by atoms with Crippen LogP contribution in [0.15, 0.2) is 24.3 Å². The number of carbonyl (C=O) groups excluding carboxylic acids is 1. The van der Waals surface area contributed by atoms with Gasteiger partial charge in [0.05, 0.1) is 7.11 Å². The highest BCUT2D eigenvalue weighted by Gasteiger charge is 2.31. The largest absolute Gasteiger partial charge is 0.489 e. The molecule has 0 amide bonds. The number of benzene rings is 1. The van der Waals surface area contributed by atoms with Crippen LogP contribution in [0.25, 0.3) is 0 Å². The molecule has 0 spiro atoms. The molecule has 0 saturated carbocycles. The minimum Gasteiger partial charge on any atom is -0.489 e. The van der Waals surface area contributed by atoms with E-state index < -0.39 is 0 Å². The van der Waals surface area contributed by atoms with Gasteiger partial charge < -0.3 is 14.8 Å². The molecule has 0 aliphatic carbocycles. The number of esters is 1. The van der Waals surface area contributed by atoms with Crippen molar-refractivity contribution in [2.45, 2.75) is 25.5 Å². The Morgan fingerprint density at radius 3 is 3.00 bits per heavy atom. The van der Waals surface area contributed by atoms with Crippen molar-refractivity contribution in [3.8, 4) is 5.75 Å². The number of hydrogen-bond acceptors (Lipinski definition) is 4. The van der Waals surface area contributed by atoms with Crippen molar-refractivity contribution >= 4 is 5.97 Å². The molecule has 2 atom stereocenters. The molecule has 1 aromatic rings. The highest BCUT2D eigenvalue weighted by Crippen LogP contribution is 2.18. The lowest BCUT2D eigenvalue weighted by Gasteiger charge is -2.13. The molecule has 0 aromatic heterocycles. The van der Waals surface area contributed by atoms with Gasteiger partial charge in [0.15, 0.2) is 0 Å². The second kappa shape index (κ2) is 5.19. The van der Waals surface area contributed by atoms with Gasteiger partial charge in [-0.1, -0.05) is 12.1 Å². The third kappa shape index (κ3) is 2.97. The van der Waals surface area contributed by atoms with E-state index in [-0.39, 0.29) is 18.1 Å². The molecule has 4 nitrogen and oxygen atoms in total. The number of ether oxygens (including phenoxy) is 2. The Morgan fingerprint density at radius 2 is 2.29 bits per heavy atom. The van der Waals surface area contributed by atoms with Gasteiger partial charge in [-0.05, 0) is 24.6 Å². The Labute approximate surface area is 101 Å². The first-order chi connectivity index (χ1) is 8.19. The van der Waals surface area contributed by atoms with Crippen LogP contribution in [-0.2, 0) is 9.53 Å². The van der Waals surface area contributed by atoms with Crippen LogP contribution < -0.4 is 10.1 Å².